The van der Waals surface area contributed by atoms with E-state index in [0.29, 0.717) is 12.2 Å². The van der Waals surface area contributed by atoms with Crippen molar-refractivity contribution in [2.75, 3.05) is 36.0 Å². The van der Waals surface area contributed by atoms with Gasteiger partial charge >= 0.3 is 0 Å². The molecule has 4 aromatic rings. The van der Waals surface area contributed by atoms with Crippen LogP contribution in [0.4, 0.5) is 11.6 Å². The number of anilines is 2. The van der Waals surface area contributed by atoms with Crippen molar-refractivity contribution < 1.29 is 0 Å². The minimum absolute atomic E-state index is 0.000214. The summed E-state index contributed by atoms with van der Waals surface area (Å²) < 4.78 is 1.81. The van der Waals surface area contributed by atoms with Gasteiger partial charge in [0, 0.05) is 66.6 Å². The van der Waals surface area contributed by atoms with Crippen molar-refractivity contribution >= 4 is 22.5 Å². The molecule has 7 nitrogen and oxygen atoms in total. The molecule has 2 aromatic carbocycles. The molecule has 0 amide bonds. The van der Waals surface area contributed by atoms with Crippen LogP contribution in [0.3, 0.4) is 0 Å². The molecule has 2 aliphatic heterocycles. The van der Waals surface area contributed by atoms with Gasteiger partial charge in [0.25, 0.3) is 5.56 Å². The van der Waals surface area contributed by atoms with Crippen molar-refractivity contribution in [1.29, 1.82) is 0 Å². The third-order valence-corrected chi connectivity index (χ3v) is 7.56. The number of H-pyrrole nitrogens is 1. The van der Waals surface area contributed by atoms with E-state index >= 15 is 0 Å². The summed E-state index contributed by atoms with van der Waals surface area (Å²) in [6, 6.07) is 17.2. The molecule has 2 aromatic heterocycles. The number of rotatable bonds is 4. The van der Waals surface area contributed by atoms with Crippen molar-refractivity contribution in [2.24, 2.45) is 0 Å². The minimum atomic E-state index is -0.157. The Kier molecular flexibility index (Phi) is 5.41. The predicted octanol–water partition coefficient (Wildman–Crippen LogP) is 4.48. The molecule has 2 aliphatic rings. The molecule has 186 valence electrons. The van der Waals surface area contributed by atoms with Crippen molar-refractivity contribution in [2.45, 2.75) is 45.8 Å². The smallest absolute Gasteiger partial charge is 0.255 e. The maximum atomic E-state index is 13.1. The number of hydrogen-bond acceptors (Lipinski definition) is 5. The van der Waals surface area contributed by atoms with E-state index in [9.17, 15) is 4.79 Å². The lowest BCUT2D eigenvalue weighted by Crippen LogP contribution is -2.45. The van der Waals surface area contributed by atoms with Gasteiger partial charge in [-0.2, -0.15) is 0 Å². The van der Waals surface area contributed by atoms with Crippen LogP contribution in [0.5, 0.6) is 0 Å². The Balaban J connectivity index is 1.38. The van der Waals surface area contributed by atoms with Gasteiger partial charge in [-0.1, -0.05) is 18.2 Å². The first kappa shape index (κ1) is 22.9. The summed E-state index contributed by atoms with van der Waals surface area (Å²) in [6.07, 6.45) is 1.97. The van der Waals surface area contributed by atoms with Crippen molar-refractivity contribution in [3.63, 3.8) is 0 Å². The Hall–Kier alpha value is -3.58. The van der Waals surface area contributed by atoms with E-state index in [1.54, 1.807) is 6.07 Å². The Morgan fingerprint density at radius 1 is 0.972 bits per heavy atom. The van der Waals surface area contributed by atoms with E-state index in [1.807, 2.05) is 10.8 Å². The molecular formula is C29H34N6O. The largest absolute Gasteiger partial charge is 0.369 e. The molecule has 0 spiro atoms. The summed E-state index contributed by atoms with van der Waals surface area (Å²) in [5.41, 5.74) is 6.15. The van der Waals surface area contributed by atoms with Crippen LogP contribution in [0.1, 0.15) is 27.7 Å². The standard InChI is InChI=1S/C29H34N6O/c1-19(2)35-28-32-26(16-27(36)34(28)18-29(35,3)4)24-17-31-25-10-7-21(15-23(24)25)20-5-8-22(9-6-20)33-13-11-30-12-14-33/h5-10,15-17,19,30-31H,11-14,18H2,1-4H3. The number of nitrogens with one attached hydrogen (secondary N) is 2. The maximum Gasteiger partial charge on any atom is 0.255 e. The Labute approximate surface area is 211 Å². The molecular weight excluding hydrogens is 448 g/mol. The molecule has 0 atom stereocenters. The number of aromatic nitrogens is 3. The van der Waals surface area contributed by atoms with Gasteiger partial charge in [0.15, 0.2) is 0 Å². The average molecular weight is 483 g/mol. The molecule has 4 heterocycles. The third kappa shape index (κ3) is 3.78. The summed E-state index contributed by atoms with van der Waals surface area (Å²) in [4.78, 5) is 26.2. The first-order chi connectivity index (χ1) is 17.3. The van der Waals surface area contributed by atoms with Crippen LogP contribution < -0.4 is 20.7 Å². The molecule has 1 saturated heterocycles. The van der Waals surface area contributed by atoms with Gasteiger partial charge in [-0.25, -0.2) is 4.98 Å². The second kappa shape index (κ2) is 8.52. The van der Waals surface area contributed by atoms with E-state index in [4.69, 9.17) is 4.98 Å². The molecule has 1 fully saturated rings. The van der Waals surface area contributed by atoms with Crippen LogP contribution in [0, 0.1) is 0 Å². The fraction of sp³-hybridized carbons (Fsp3) is 0.379. The van der Waals surface area contributed by atoms with E-state index in [2.05, 4.69) is 90.3 Å². The lowest BCUT2D eigenvalue weighted by molar-refractivity contribution is 0.425. The predicted molar refractivity (Wildman–Crippen MR) is 148 cm³/mol. The van der Waals surface area contributed by atoms with Crippen molar-refractivity contribution in [3.05, 3.63) is 65.1 Å². The molecule has 0 radical (unpaired) electrons. The molecule has 7 heteroatoms. The summed E-state index contributed by atoms with van der Waals surface area (Å²) in [5, 5.41) is 4.48. The minimum Gasteiger partial charge on any atom is -0.369 e. The maximum absolute atomic E-state index is 13.1. The SMILES string of the molecule is CC(C)N1c2nc(-c3c[nH]c4ccc(-c5ccc(N6CCNCC6)cc5)cc34)cc(=O)n2CC1(C)C. The van der Waals surface area contributed by atoms with Gasteiger partial charge in [-0.05, 0) is 63.1 Å². The van der Waals surface area contributed by atoms with Crippen molar-refractivity contribution in [1.82, 2.24) is 19.9 Å². The molecule has 0 bridgehead atoms. The number of piperazine rings is 1. The highest BCUT2D eigenvalue weighted by Crippen LogP contribution is 2.36. The van der Waals surface area contributed by atoms with Gasteiger partial charge in [-0.15, -0.1) is 0 Å². The molecule has 6 rings (SSSR count). The molecule has 0 saturated carbocycles. The van der Waals surface area contributed by atoms with E-state index in [0.717, 1.165) is 54.2 Å². The van der Waals surface area contributed by atoms with E-state index in [-0.39, 0.29) is 17.1 Å². The Bertz CT molecular complexity index is 1470. The highest BCUT2D eigenvalue weighted by atomic mass is 16.1. The monoisotopic (exact) mass is 482 g/mol. The number of nitrogens with zero attached hydrogens (tertiary/aromatic N) is 4. The molecule has 0 aliphatic carbocycles. The molecule has 2 N–H and O–H groups in total. The number of hydrogen-bond donors (Lipinski definition) is 2. The van der Waals surface area contributed by atoms with Crippen LogP contribution in [-0.4, -0.2) is 52.3 Å². The zero-order chi connectivity index (χ0) is 25.0. The quantitative estimate of drug-likeness (QED) is 0.449. The number of benzene rings is 2. The zero-order valence-electron chi connectivity index (χ0n) is 21.5. The Morgan fingerprint density at radius 2 is 1.69 bits per heavy atom. The van der Waals surface area contributed by atoms with Gasteiger partial charge in [-0.3, -0.25) is 9.36 Å². The first-order valence-corrected chi connectivity index (χ1v) is 12.9. The summed E-state index contributed by atoms with van der Waals surface area (Å²) in [5.74, 6) is 0.756. The van der Waals surface area contributed by atoms with Gasteiger partial charge < -0.3 is 20.1 Å². The lowest BCUT2D eigenvalue weighted by atomic mass is 10.0. The second-order valence-corrected chi connectivity index (χ2v) is 10.9. The topological polar surface area (TPSA) is 69.2 Å². The lowest BCUT2D eigenvalue weighted by Gasteiger charge is -2.35. The second-order valence-electron chi connectivity index (χ2n) is 10.9. The highest BCUT2D eigenvalue weighted by molar-refractivity contribution is 5.97. The first-order valence-electron chi connectivity index (χ1n) is 12.9. The van der Waals surface area contributed by atoms with E-state index < -0.39 is 0 Å². The molecule has 0 unspecified atom stereocenters. The summed E-state index contributed by atoms with van der Waals surface area (Å²) in [7, 11) is 0. The average Bonchev–Trinajstić information content (AvgIpc) is 3.41. The van der Waals surface area contributed by atoms with Gasteiger partial charge in [0.05, 0.1) is 17.8 Å². The number of aromatic amines is 1. The van der Waals surface area contributed by atoms with Crippen molar-refractivity contribution in [3.8, 4) is 22.4 Å². The number of fused-ring (bicyclic) bond motifs is 2. The van der Waals surface area contributed by atoms with Crippen LogP contribution in [0.25, 0.3) is 33.3 Å². The molecule has 36 heavy (non-hydrogen) atoms. The van der Waals surface area contributed by atoms with Crippen LogP contribution in [0.15, 0.2) is 59.5 Å². The van der Waals surface area contributed by atoms with Crippen LogP contribution in [0.2, 0.25) is 0 Å². The van der Waals surface area contributed by atoms with Crippen LogP contribution >= 0.6 is 0 Å². The fourth-order valence-electron chi connectivity index (χ4n) is 5.93. The third-order valence-electron chi connectivity index (χ3n) is 7.56. The zero-order valence-corrected chi connectivity index (χ0v) is 21.5. The summed E-state index contributed by atoms with van der Waals surface area (Å²) >= 11 is 0. The van der Waals surface area contributed by atoms with Crippen LogP contribution in [-0.2, 0) is 6.54 Å². The van der Waals surface area contributed by atoms with Gasteiger partial charge in [0.2, 0.25) is 5.95 Å². The highest BCUT2D eigenvalue weighted by Gasteiger charge is 2.39. The normalized spacial score (nSPS) is 17.2. The fourth-order valence-corrected chi connectivity index (χ4v) is 5.93. The Morgan fingerprint density at radius 3 is 2.42 bits per heavy atom. The van der Waals surface area contributed by atoms with E-state index in [1.165, 1.54) is 11.3 Å². The van der Waals surface area contributed by atoms with Gasteiger partial charge in [0.1, 0.15) is 0 Å². The summed E-state index contributed by atoms with van der Waals surface area (Å²) in [6.45, 7) is 13.4.